The zero-order valence-electron chi connectivity index (χ0n) is 14.6. The fraction of sp³-hybridized carbons (Fsp3) is 0.250. The van der Waals surface area contributed by atoms with Crippen molar-refractivity contribution in [1.82, 2.24) is 5.32 Å². The van der Waals surface area contributed by atoms with Gasteiger partial charge < -0.3 is 14.8 Å². The lowest BCUT2D eigenvalue weighted by atomic mass is 10.00. The summed E-state index contributed by atoms with van der Waals surface area (Å²) in [6.07, 6.45) is -0.706. The average molecular weight is 352 g/mol. The summed E-state index contributed by atoms with van der Waals surface area (Å²) >= 11 is 0. The van der Waals surface area contributed by atoms with Crippen LogP contribution in [0.5, 0.6) is 0 Å². The average Bonchev–Trinajstić information content (AvgIpc) is 2.68. The van der Waals surface area contributed by atoms with E-state index in [4.69, 9.17) is 9.47 Å². The predicted molar refractivity (Wildman–Crippen MR) is 95.0 cm³/mol. The molecule has 0 bridgehead atoms. The lowest BCUT2D eigenvalue weighted by molar-refractivity contribution is -0.146. The Morgan fingerprint density at radius 3 is 2.35 bits per heavy atom. The van der Waals surface area contributed by atoms with Gasteiger partial charge >= 0.3 is 5.97 Å². The highest BCUT2D eigenvalue weighted by atomic mass is 16.5. The fourth-order valence-electron chi connectivity index (χ4n) is 2.63. The van der Waals surface area contributed by atoms with Crippen LogP contribution < -0.4 is 5.32 Å². The molecule has 1 N–H and O–H groups in total. The van der Waals surface area contributed by atoms with Gasteiger partial charge in [0, 0.05) is 13.5 Å². The van der Waals surface area contributed by atoms with Crippen molar-refractivity contribution in [2.24, 2.45) is 0 Å². The van der Waals surface area contributed by atoms with Crippen molar-refractivity contribution < 1.29 is 19.1 Å². The van der Waals surface area contributed by atoms with Gasteiger partial charge in [0.05, 0.1) is 18.7 Å². The molecule has 0 saturated carbocycles. The Morgan fingerprint density at radius 1 is 1.08 bits per heavy atom. The van der Waals surface area contributed by atoms with Gasteiger partial charge in [-0.15, -0.1) is 0 Å². The van der Waals surface area contributed by atoms with E-state index in [-0.39, 0.29) is 6.42 Å². The molecule has 0 unspecified atom stereocenters. The maximum Gasteiger partial charge on any atom is 0.328 e. The number of hydrogen-bond acceptors (Lipinski definition) is 5. The number of nitrogens with zero attached hydrogens (tertiary/aromatic N) is 1. The molecule has 2 atom stereocenters. The van der Waals surface area contributed by atoms with Crippen molar-refractivity contribution >= 4 is 11.9 Å². The van der Waals surface area contributed by atoms with Gasteiger partial charge in [-0.05, 0) is 17.2 Å². The van der Waals surface area contributed by atoms with E-state index in [0.717, 1.165) is 0 Å². The molecule has 6 heteroatoms. The molecule has 0 spiro atoms. The second kappa shape index (κ2) is 9.35. The zero-order valence-corrected chi connectivity index (χ0v) is 14.6. The number of ether oxygens (including phenoxy) is 2. The Labute approximate surface area is 152 Å². The van der Waals surface area contributed by atoms with Gasteiger partial charge in [0.15, 0.2) is 6.10 Å². The van der Waals surface area contributed by atoms with Crippen LogP contribution in [0.25, 0.3) is 0 Å². The molecule has 0 aliphatic carbocycles. The summed E-state index contributed by atoms with van der Waals surface area (Å²) in [5, 5.41) is 11.9. The summed E-state index contributed by atoms with van der Waals surface area (Å²) < 4.78 is 10.1. The number of benzene rings is 2. The monoisotopic (exact) mass is 352 g/mol. The molecule has 134 valence electrons. The number of carbonyl (C=O) groups is 2. The minimum atomic E-state index is -0.927. The second-order valence-corrected chi connectivity index (χ2v) is 5.58. The summed E-state index contributed by atoms with van der Waals surface area (Å²) in [4.78, 5) is 24.8. The third kappa shape index (κ3) is 4.68. The van der Waals surface area contributed by atoms with Crippen LogP contribution in [0, 0.1) is 11.3 Å². The van der Waals surface area contributed by atoms with Crippen LogP contribution >= 0.6 is 0 Å². The first kappa shape index (κ1) is 19.2. The molecule has 0 radical (unpaired) electrons. The van der Waals surface area contributed by atoms with E-state index in [2.05, 4.69) is 11.4 Å². The van der Waals surface area contributed by atoms with Crippen LogP contribution in [0.3, 0.4) is 0 Å². The highest BCUT2D eigenvalue weighted by molar-refractivity contribution is 5.88. The molecule has 2 rings (SSSR count). The molecule has 0 fully saturated rings. The van der Waals surface area contributed by atoms with E-state index in [1.54, 1.807) is 48.5 Å². The Bertz CT molecular complexity index is 799. The van der Waals surface area contributed by atoms with Crippen LogP contribution in [0.1, 0.15) is 22.8 Å². The summed E-state index contributed by atoms with van der Waals surface area (Å²) in [5.74, 6) is -1.04. The number of carbonyl (C=O) groups excluding carboxylic acids is 2. The van der Waals surface area contributed by atoms with Crippen molar-refractivity contribution in [2.75, 3.05) is 14.2 Å². The van der Waals surface area contributed by atoms with E-state index < -0.39 is 24.0 Å². The molecule has 2 aromatic rings. The smallest absolute Gasteiger partial charge is 0.328 e. The van der Waals surface area contributed by atoms with E-state index in [1.807, 2.05) is 6.07 Å². The Kier molecular flexibility index (Phi) is 6.89. The van der Waals surface area contributed by atoms with Gasteiger partial charge in [-0.2, -0.15) is 5.26 Å². The topological polar surface area (TPSA) is 88.4 Å². The number of esters is 1. The largest absolute Gasteiger partial charge is 0.467 e. The van der Waals surface area contributed by atoms with Crippen LogP contribution in [-0.2, 0) is 25.5 Å². The van der Waals surface area contributed by atoms with Crippen LogP contribution in [0.4, 0.5) is 0 Å². The highest BCUT2D eigenvalue weighted by Gasteiger charge is 2.27. The standard InChI is InChI=1S/C20H20N2O4/c1-25-18(14-8-4-3-5-9-14)19(23)22-17(20(24)26-2)12-15-10-6-7-11-16(15)13-21/h3-11,17-18H,12H2,1-2H3,(H,22,23)/t17-,18-/m1/s1. The predicted octanol–water partition coefficient (Wildman–Crippen LogP) is 2.15. The van der Waals surface area contributed by atoms with Crippen molar-refractivity contribution in [3.05, 3.63) is 71.3 Å². The Hall–Kier alpha value is -3.17. The summed E-state index contributed by atoms with van der Waals surface area (Å²) in [6, 6.07) is 17.0. The molecule has 0 aliphatic heterocycles. The first-order chi connectivity index (χ1) is 12.6. The summed E-state index contributed by atoms with van der Waals surface area (Å²) in [7, 11) is 2.68. The Morgan fingerprint density at radius 2 is 1.73 bits per heavy atom. The molecule has 1 amide bonds. The molecular formula is C20H20N2O4. The zero-order chi connectivity index (χ0) is 18.9. The third-order valence-electron chi connectivity index (χ3n) is 3.94. The first-order valence-electron chi connectivity index (χ1n) is 8.04. The van der Waals surface area contributed by atoms with Crippen molar-refractivity contribution in [3.8, 4) is 6.07 Å². The number of amides is 1. The van der Waals surface area contributed by atoms with Crippen LogP contribution in [0.15, 0.2) is 54.6 Å². The molecule has 2 aromatic carbocycles. The first-order valence-corrected chi connectivity index (χ1v) is 8.04. The number of nitriles is 1. The third-order valence-corrected chi connectivity index (χ3v) is 3.94. The summed E-state index contributed by atoms with van der Waals surface area (Å²) in [5.41, 5.74) is 1.77. The number of methoxy groups -OCH3 is 2. The van der Waals surface area contributed by atoms with Crippen LogP contribution in [-0.4, -0.2) is 32.1 Å². The summed E-state index contributed by atoms with van der Waals surface area (Å²) in [6.45, 7) is 0. The van der Waals surface area contributed by atoms with Gasteiger partial charge in [-0.3, -0.25) is 4.79 Å². The Balaban J connectivity index is 2.21. The minimum Gasteiger partial charge on any atom is -0.467 e. The van der Waals surface area contributed by atoms with Crippen molar-refractivity contribution in [1.29, 1.82) is 5.26 Å². The van der Waals surface area contributed by atoms with Gasteiger partial charge in [0.2, 0.25) is 0 Å². The molecule has 26 heavy (non-hydrogen) atoms. The van der Waals surface area contributed by atoms with E-state index in [0.29, 0.717) is 16.7 Å². The second-order valence-electron chi connectivity index (χ2n) is 5.58. The molecule has 0 saturated heterocycles. The fourth-order valence-corrected chi connectivity index (χ4v) is 2.63. The minimum absolute atomic E-state index is 0.146. The van der Waals surface area contributed by atoms with Gasteiger partial charge in [-0.25, -0.2) is 4.79 Å². The van der Waals surface area contributed by atoms with Crippen LogP contribution in [0.2, 0.25) is 0 Å². The number of nitrogens with one attached hydrogen (secondary N) is 1. The molecule has 6 nitrogen and oxygen atoms in total. The lowest BCUT2D eigenvalue weighted by Crippen LogP contribution is -2.45. The normalized spacial score (nSPS) is 12.5. The number of hydrogen-bond donors (Lipinski definition) is 1. The molecule has 0 aromatic heterocycles. The molecular weight excluding hydrogens is 332 g/mol. The highest BCUT2D eigenvalue weighted by Crippen LogP contribution is 2.17. The van der Waals surface area contributed by atoms with E-state index >= 15 is 0 Å². The lowest BCUT2D eigenvalue weighted by Gasteiger charge is -2.21. The molecule has 0 aliphatic rings. The SMILES string of the molecule is COC(=O)[C@@H](Cc1ccccc1C#N)NC(=O)[C@H](OC)c1ccccc1. The van der Waals surface area contributed by atoms with E-state index in [9.17, 15) is 14.9 Å². The maximum atomic E-state index is 12.6. The van der Waals surface area contributed by atoms with Crippen molar-refractivity contribution in [3.63, 3.8) is 0 Å². The molecule has 0 heterocycles. The maximum absolute atomic E-state index is 12.6. The van der Waals surface area contributed by atoms with Gasteiger partial charge in [0.25, 0.3) is 5.91 Å². The van der Waals surface area contributed by atoms with Gasteiger partial charge in [-0.1, -0.05) is 48.5 Å². The van der Waals surface area contributed by atoms with Crippen molar-refractivity contribution in [2.45, 2.75) is 18.6 Å². The quantitative estimate of drug-likeness (QED) is 0.771. The number of rotatable bonds is 7. The van der Waals surface area contributed by atoms with Gasteiger partial charge in [0.1, 0.15) is 6.04 Å². The van der Waals surface area contributed by atoms with E-state index in [1.165, 1.54) is 14.2 Å².